The zero-order chi connectivity index (χ0) is 13.2. The molecule has 2 rings (SSSR count). The first kappa shape index (κ1) is 13.1. The van der Waals surface area contributed by atoms with E-state index in [4.69, 9.17) is 0 Å². The van der Waals surface area contributed by atoms with E-state index in [9.17, 15) is 4.79 Å². The van der Waals surface area contributed by atoms with Crippen LogP contribution in [-0.4, -0.2) is 5.91 Å². The molecule has 0 spiro atoms. The average molecular weight is 246 g/mol. The molecule has 0 saturated heterocycles. The first-order valence-corrected chi connectivity index (χ1v) is 6.62. The van der Waals surface area contributed by atoms with Crippen LogP contribution in [0.5, 0.6) is 0 Å². The van der Waals surface area contributed by atoms with Crippen LogP contribution in [0.4, 0.5) is 0 Å². The Kier molecular flexibility index (Phi) is 3.71. The number of nitrogens with one attached hydrogen (secondary N) is 2. The third-order valence-electron chi connectivity index (χ3n) is 3.85. The summed E-state index contributed by atoms with van der Waals surface area (Å²) in [5, 5.41) is 6.35. The quantitative estimate of drug-likeness (QED) is 0.856. The molecule has 3 nitrogen and oxygen atoms in total. The maximum absolute atomic E-state index is 12.0. The van der Waals surface area contributed by atoms with Crippen LogP contribution in [0.2, 0.25) is 0 Å². The molecule has 1 amide bonds. The second kappa shape index (κ2) is 5.11. The third-order valence-corrected chi connectivity index (χ3v) is 3.85. The summed E-state index contributed by atoms with van der Waals surface area (Å²) < 4.78 is 0. The standard InChI is InChI=1S/C15H22N2O/c1-4-15(2,3)14(18)17-8-11-5-6-12-9-16-10-13(12)7-11/h5-7,16H,4,8-10H2,1-3H3,(H,17,18). The Hall–Kier alpha value is -1.35. The predicted molar refractivity (Wildman–Crippen MR) is 72.9 cm³/mol. The van der Waals surface area contributed by atoms with Crippen molar-refractivity contribution in [3.05, 3.63) is 34.9 Å². The maximum Gasteiger partial charge on any atom is 0.225 e. The molecule has 0 aliphatic carbocycles. The molecule has 2 N–H and O–H groups in total. The monoisotopic (exact) mass is 246 g/mol. The highest BCUT2D eigenvalue weighted by Gasteiger charge is 2.24. The number of hydrogen-bond donors (Lipinski definition) is 2. The van der Waals surface area contributed by atoms with Crippen molar-refractivity contribution in [2.75, 3.05) is 0 Å². The number of rotatable bonds is 4. The van der Waals surface area contributed by atoms with Gasteiger partial charge in [-0.05, 0) is 23.1 Å². The van der Waals surface area contributed by atoms with Crippen molar-refractivity contribution in [3.8, 4) is 0 Å². The van der Waals surface area contributed by atoms with E-state index in [0.29, 0.717) is 6.54 Å². The van der Waals surface area contributed by atoms with Gasteiger partial charge in [-0.3, -0.25) is 4.79 Å². The highest BCUT2D eigenvalue weighted by atomic mass is 16.2. The molecule has 1 heterocycles. The lowest BCUT2D eigenvalue weighted by atomic mass is 9.89. The summed E-state index contributed by atoms with van der Waals surface area (Å²) in [5.74, 6) is 0.128. The minimum absolute atomic E-state index is 0.128. The highest BCUT2D eigenvalue weighted by molar-refractivity contribution is 5.81. The molecule has 1 aromatic rings. The fourth-order valence-electron chi connectivity index (χ4n) is 2.04. The summed E-state index contributed by atoms with van der Waals surface area (Å²) >= 11 is 0. The van der Waals surface area contributed by atoms with E-state index in [-0.39, 0.29) is 11.3 Å². The van der Waals surface area contributed by atoms with Gasteiger partial charge in [0.15, 0.2) is 0 Å². The maximum atomic E-state index is 12.0. The van der Waals surface area contributed by atoms with Crippen molar-refractivity contribution >= 4 is 5.91 Å². The number of hydrogen-bond acceptors (Lipinski definition) is 2. The molecule has 0 fully saturated rings. The van der Waals surface area contributed by atoms with Crippen LogP contribution in [0.1, 0.15) is 43.9 Å². The zero-order valence-electron chi connectivity index (χ0n) is 11.5. The summed E-state index contributed by atoms with van der Waals surface area (Å²) in [6, 6.07) is 6.45. The van der Waals surface area contributed by atoms with Gasteiger partial charge in [0.25, 0.3) is 0 Å². The summed E-state index contributed by atoms with van der Waals surface area (Å²) in [5.41, 5.74) is 3.63. The lowest BCUT2D eigenvalue weighted by molar-refractivity contribution is -0.129. The van der Waals surface area contributed by atoms with Gasteiger partial charge in [0.1, 0.15) is 0 Å². The van der Waals surface area contributed by atoms with E-state index in [2.05, 4.69) is 28.8 Å². The molecule has 1 aliphatic rings. The van der Waals surface area contributed by atoms with Crippen molar-refractivity contribution in [2.45, 2.75) is 46.8 Å². The van der Waals surface area contributed by atoms with Gasteiger partial charge in [-0.2, -0.15) is 0 Å². The Labute approximate surface area is 109 Å². The van der Waals surface area contributed by atoms with Gasteiger partial charge in [-0.15, -0.1) is 0 Å². The zero-order valence-corrected chi connectivity index (χ0v) is 11.5. The lowest BCUT2D eigenvalue weighted by Gasteiger charge is -2.21. The molecule has 0 radical (unpaired) electrons. The number of amides is 1. The molecule has 3 heteroatoms. The molecular weight excluding hydrogens is 224 g/mol. The van der Waals surface area contributed by atoms with E-state index >= 15 is 0 Å². The van der Waals surface area contributed by atoms with Crippen molar-refractivity contribution in [3.63, 3.8) is 0 Å². The molecule has 0 saturated carbocycles. The SMILES string of the molecule is CCC(C)(C)C(=O)NCc1ccc2c(c1)CNC2. The fourth-order valence-corrected chi connectivity index (χ4v) is 2.04. The van der Waals surface area contributed by atoms with Crippen molar-refractivity contribution in [2.24, 2.45) is 5.41 Å². The van der Waals surface area contributed by atoms with Crippen molar-refractivity contribution in [1.82, 2.24) is 10.6 Å². The molecule has 1 aliphatic heterocycles. The molecule has 0 aromatic heterocycles. The second-order valence-corrected chi connectivity index (χ2v) is 5.63. The van der Waals surface area contributed by atoms with Gasteiger partial charge >= 0.3 is 0 Å². The summed E-state index contributed by atoms with van der Waals surface area (Å²) in [4.78, 5) is 12.0. The average Bonchev–Trinajstić information content (AvgIpc) is 2.83. The van der Waals surface area contributed by atoms with Crippen LogP contribution in [0.25, 0.3) is 0 Å². The molecular formula is C15H22N2O. The van der Waals surface area contributed by atoms with E-state index in [1.165, 1.54) is 16.7 Å². The molecule has 0 bridgehead atoms. The smallest absolute Gasteiger partial charge is 0.225 e. The van der Waals surface area contributed by atoms with Gasteiger partial charge in [-0.25, -0.2) is 0 Å². The Balaban J connectivity index is 1.97. The first-order valence-electron chi connectivity index (χ1n) is 6.62. The Morgan fingerprint density at radius 3 is 2.78 bits per heavy atom. The van der Waals surface area contributed by atoms with Crippen LogP contribution >= 0.6 is 0 Å². The first-order chi connectivity index (χ1) is 8.53. The van der Waals surface area contributed by atoms with E-state index < -0.39 is 0 Å². The number of carbonyl (C=O) groups is 1. The highest BCUT2D eigenvalue weighted by Crippen LogP contribution is 2.20. The van der Waals surface area contributed by atoms with E-state index in [1.54, 1.807) is 0 Å². The Morgan fingerprint density at radius 2 is 2.06 bits per heavy atom. The van der Waals surface area contributed by atoms with Crippen molar-refractivity contribution in [1.29, 1.82) is 0 Å². The molecule has 1 aromatic carbocycles. The number of benzene rings is 1. The van der Waals surface area contributed by atoms with Crippen molar-refractivity contribution < 1.29 is 4.79 Å². The lowest BCUT2D eigenvalue weighted by Crippen LogP contribution is -2.36. The molecule has 98 valence electrons. The summed E-state index contributed by atoms with van der Waals surface area (Å²) in [6.45, 7) is 8.53. The Bertz CT molecular complexity index is 452. The largest absolute Gasteiger partial charge is 0.352 e. The van der Waals surface area contributed by atoms with Gasteiger partial charge in [0, 0.05) is 25.0 Å². The van der Waals surface area contributed by atoms with Crippen LogP contribution < -0.4 is 10.6 Å². The Morgan fingerprint density at radius 1 is 1.33 bits per heavy atom. The summed E-state index contributed by atoms with van der Waals surface area (Å²) in [7, 11) is 0. The van der Waals surface area contributed by atoms with Gasteiger partial charge < -0.3 is 10.6 Å². The normalized spacial score (nSPS) is 14.4. The molecule has 18 heavy (non-hydrogen) atoms. The second-order valence-electron chi connectivity index (χ2n) is 5.63. The fraction of sp³-hybridized carbons (Fsp3) is 0.533. The van der Waals surface area contributed by atoms with Crippen LogP contribution in [-0.2, 0) is 24.4 Å². The minimum Gasteiger partial charge on any atom is -0.352 e. The molecule has 0 atom stereocenters. The minimum atomic E-state index is -0.279. The van der Waals surface area contributed by atoms with E-state index in [0.717, 1.165) is 19.5 Å². The number of carbonyl (C=O) groups excluding carboxylic acids is 1. The van der Waals surface area contributed by atoms with Crippen LogP contribution in [0, 0.1) is 5.41 Å². The van der Waals surface area contributed by atoms with Gasteiger partial charge in [0.05, 0.1) is 0 Å². The van der Waals surface area contributed by atoms with Crippen LogP contribution in [0.15, 0.2) is 18.2 Å². The van der Waals surface area contributed by atoms with Gasteiger partial charge in [0.2, 0.25) is 5.91 Å². The van der Waals surface area contributed by atoms with Crippen LogP contribution in [0.3, 0.4) is 0 Å². The number of fused-ring (bicyclic) bond motifs is 1. The van der Waals surface area contributed by atoms with Gasteiger partial charge in [-0.1, -0.05) is 39.0 Å². The van der Waals surface area contributed by atoms with E-state index in [1.807, 2.05) is 20.8 Å². The predicted octanol–water partition coefficient (Wildman–Crippen LogP) is 2.34. The third kappa shape index (κ3) is 2.72. The molecule has 0 unspecified atom stereocenters. The topological polar surface area (TPSA) is 41.1 Å². The summed E-state index contributed by atoms with van der Waals surface area (Å²) in [6.07, 6.45) is 0.854.